The number of anilines is 3. The van der Waals surface area contributed by atoms with Gasteiger partial charge in [-0.2, -0.15) is 0 Å². The number of halogens is 1. The Balaban J connectivity index is 1.73. The number of amides is 2. The lowest BCUT2D eigenvalue weighted by molar-refractivity contribution is 0.166. The molecule has 29 heavy (non-hydrogen) atoms. The highest BCUT2D eigenvalue weighted by molar-refractivity contribution is 7.19. The van der Waals surface area contributed by atoms with Crippen molar-refractivity contribution in [2.24, 2.45) is 0 Å². The topological polar surface area (TPSA) is 111 Å². The van der Waals surface area contributed by atoms with E-state index in [2.05, 4.69) is 15.3 Å². The molecule has 0 unspecified atom stereocenters. The van der Waals surface area contributed by atoms with E-state index in [0.717, 1.165) is 27.1 Å². The number of aromatic nitrogens is 2. The summed E-state index contributed by atoms with van der Waals surface area (Å²) in [4.78, 5) is 26.6. The maximum Gasteiger partial charge on any atom is 0.319 e. The summed E-state index contributed by atoms with van der Waals surface area (Å²) in [6, 6.07) is 3.36. The van der Waals surface area contributed by atoms with E-state index in [1.807, 2.05) is 4.90 Å². The molecule has 2 aromatic heterocycles. The summed E-state index contributed by atoms with van der Waals surface area (Å²) >= 11 is 7.93. The molecule has 0 spiro atoms. The van der Waals surface area contributed by atoms with Gasteiger partial charge in [0.25, 0.3) is 0 Å². The Kier molecular flexibility index (Phi) is 5.01. The minimum absolute atomic E-state index is 0.00497. The molecule has 1 aliphatic heterocycles. The Morgan fingerprint density at radius 2 is 2.21 bits per heavy atom. The van der Waals surface area contributed by atoms with Gasteiger partial charge in [-0.3, -0.25) is 0 Å². The first-order valence-electron chi connectivity index (χ1n) is 8.97. The van der Waals surface area contributed by atoms with Crippen LogP contribution in [0.1, 0.15) is 16.0 Å². The van der Waals surface area contributed by atoms with E-state index < -0.39 is 0 Å². The van der Waals surface area contributed by atoms with Gasteiger partial charge in [0.15, 0.2) is 0 Å². The normalized spacial score (nSPS) is 13.3. The van der Waals surface area contributed by atoms with Crippen LogP contribution in [0.25, 0.3) is 10.2 Å². The third-order valence-corrected chi connectivity index (χ3v) is 6.31. The van der Waals surface area contributed by atoms with Gasteiger partial charge in [0, 0.05) is 43.0 Å². The van der Waals surface area contributed by atoms with Crippen LogP contribution in [0.4, 0.5) is 22.0 Å². The van der Waals surface area contributed by atoms with Gasteiger partial charge in [-0.1, -0.05) is 11.6 Å². The molecule has 0 atom stereocenters. The van der Waals surface area contributed by atoms with Gasteiger partial charge in [0.05, 0.1) is 22.6 Å². The number of nitrogens with zero attached hydrogens (tertiary/aromatic N) is 4. The van der Waals surface area contributed by atoms with Crippen LogP contribution in [-0.2, 0) is 13.0 Å². The first kappa shape index (κ1) is 19.4. The van der Waals surface area contributed by atoms with E-state index in [4.69, 9.17) is 22.7 Å². The summed E-state index contributed by atoms with van der Waals surface area (Å²) in [7, 11) is 3.52. The summed E-state index contributed by atoms with van der Waals surface area (Å²) in [5, 5.41) is 12.2. The zero-order chi connectivity index (χ0) is 20.7. The molecule has 1 aromatic carbocycles. The number of thiophene rings is 1. The second kappa shape index (κ2) is 7.49. The lowest BCUT2D eigenvalue weighted by Crippen LogP contribution is -2.41. The Hall–Kier alpha value is -2.91. The molecule has 0 fully saturated rings. The van der Waals surface area contributed by atoms with Crippen LogP contribution in [0.2, 0.25) is 5.02 Å². The summed E-state index contributed by atoms with van der Waals surface area (Å²) in [6.07, 6.45) is 3.44. The van der Waals surface area contributed by atoms with E-state index in [-0.39, 0.29) is 6.03 Å². The second-order valence-electron chi connectivity index (χ2n) is 6.99. The monoisotopic (exact) mass is 429 g/mol. The van der Waals surface area contributed by atoms with Crippen LogP contribution in [0.15, 0.2) is 18.5 Å². The number of carbonyl (C=O) groups excluding carboxylic acids is 1. The number of carbonyl (C=O) groups is 1. The fraction of sp³-hybridized carbons (Fsp3) is 0.263. The highest BCUT2D eigenvalue weighted by Crippen LogP contribution is 2.39. The van der Waals surface area contributed by atoms with Crippen molar-refractivity contribution in [2.75, 3.05) is 31.7 Å². The summed E-state index contributed by atoms with van der Waals surface area (Å²) < 4.78 is 0. The lowest BCUT2D eigenvalue weighted by atomic mass is 10.0. The van der Waals surface area contributed by atoms with Crippen LogP contribution in [0.3, 0.4) is 0 Å². The van der Waals surface area contributed by atoms with Crippen molar-refractivity contribution >= 4 is 62.6 Å². The number of rotatable bonds is 3. The van der Waals surface area contributed by atoms with E-state index in [9.17, 15) is 4.79 Å². The molecule has 0 aliphatic carbocycles. The lowest BCUT2D eigenvalue weighted by Gasteiger charge is -2.29. The van der Waals surface area contributed by atoms with Crippen LogP contribution in [0.5, 0.6) is 0 Å². The molecule has 4 N–H and O–H groups in total. The van der Waals surface area contributed by atoms with Crippen molar-refractivity contribution in [3.63, 3.8) is 0 Å². The molecule has 0 saturated heterocycles. The maximum absolute atomic E-state index is 12.3. The van der Waals surface area contributed by atoms with Crippen molar-refractivity contribution in [1.29, 1.82) is 5.41 Å². The third kappa shape index (κ3) is 3.47. The van der Waals surface area contributed by atoms with E-state index in [1.54, 1.807) is 42.5 Å². The van der Waals surface area contributed by atoms with Crippen molar-refractivity contribution in [3.05, 3.63) is 39.5 Å². The van der Waals surface area contributed by atoms with Crippen molar-refractivity contribution in [3.8, 4) is 0 Å². The highest BCUT2D eigenvalue weighted by Gasteiger charge is 2.27. The molecular formula is C19H20ClN7OS. The molecule has 3 heterocycles. The molecular weight excluding hydrogens is 410 g/mol. The summed E-state index contributed by atoms with van der Waals surface area (Å²) in [5.41, 5.74) is 8.70. The van der Waals surface area contributed by atoms with Gasteiger partial charge in [-0.15, -0.1) is 11.3 Å². The minimum atomic E-state index is 0.00497. The average molecular weight is 430 g/mol. The number of hydrogen-bond acceptors (Lipinski definition) is 7. The maximum atomic E-state index is 12.3. The predicted octanol–water partition coefficient (Wildman–Crippen LogP) is 3.71. The molecule has 3 aromatic rings. The van der Waals surface area contributed by atoms with E-state index in [0.29, 0.717) is 40.9 Å². The fourth-order valence-electron chi connectivity index (χ4n) is 3.42. The number of nitrogens with one attached hydrogen (secondary N) is 2. The Labute approximate surface area is 176 Å². The number of benzene rings is 1. The molecule has 1 aliphatic rings. The van der Waals surface area contributed by atoms with Gasteiger partial charge in [-0.25, -0.2) is 14.8 Å². The highest BCUT2D eigenvalue weighted by atomic mass is 35.5. The molecule has 4 rings (SSSR count). The van der Waals surface area contributed by atoms with Crippen LogP contribution in [-0.4, -0.2) is 52.7 Å². The minimum Gasteiger partial charge on any atom is -0.398 e. The fourth-order valence-corrected chi connectivity index (χ4v) is 4.84. The number of urea groups is 1. The van der Waals surface area contributed by atoms with Gasteiger partial charge in [-0.05, 0) is 24.1 Å². The third-order valence-electron chi connectivity index (χ3n) is 4.87. The molecule has 8 nitrogen and oxygen atoms in total. The molecule has 0 radical (unpaired) electrons. The first-order chi connectivity index (χ1) is 13.9. The smallest absolute Gasteiger partial charge is 0.319 e. The van der Waals surface area contributed by atoms with Crippen LogP contribution < -0.4 is 11.1 Å². The molecule has 10 heteroatoms. The predicted molar refractivity (Wildman–Crippen MR) is 118 cm³/mol. The molecule has 150 valence electrons. The second-order valence-corrected chi connectivity index (χ2v) is 8.48. The largest absolute Gasteiger partial charge is 0.398 e. The number of nitrogens with two attached hydrogens (primary N) is 1. The zero-order valence-corrected chi connectivity index (χ0v) is 17.6. The Morgan fingerprint density at radius 3 is 2.93 bits per heavy atom. The number of hydrogen-bond donors (Lipinski definition) is 3. The quantitative estimate of drug-likeness (QED) is 0.434. The summed E-state index contributed by atoms with van der Waals surface area (Å²) in [5.74, 6) is 0.655. The molecule has 2 amide bonds. The van der Waals surface area contributed by atoms with E-state index in [1.165, 1.54) is 12.5 Å². The van der Waals surface area contributed by atoms with Gasteiger partial charge >= 0.3 is 6.03 Å². The van der Waals surface area contributed by atoms with Crippen LogP contribution in [0, 0.1) is 5.41 Å². The first-order valence-corrected chi connectivity index (χ1v) is 10.2. The zero-order valence-electron chi connectivity index (χ0n) is 16.0. The number of fused-ring (bicyclic) bond motifs is 3. The molecule has 0 saturated carbocycles. The Bertz CT molecular complexity index is 1130. The van der Waals surface area contributed by atoms with Crippen LogP contribution >= 0.6 is 22.9 Å². The van der Waals surface area contributed by atoms with Crippen molar-refractivity contribution in [1.82, 2.24) is 19.8 Å². The Morgan fingerprint density at radius 1 is 1.41 bits per heavy atom. The van der Waals surface area contributed by atoms with Crippen molar-refractivity contribution in [2.45, 2.75) is 13.0 Å². The molecule has 0 bridgehead atoms. The van der Waals surface area contributed by atoms with Crippen molar-refractivity contribution < 1.29 is 4.79 Å². The number of nitrogen functional groups attached to an aromatic ring is 1. The van der Waals surface area contributed by atoms with E-state index >= 15 is 0 Å². The van der Waals surface area contributed by atoms with Gasteiger partial charge < -0.3 is 26.3 Å². The van der Waals surface area contributed by atoms with Gasteiger partial charge in [0.2, 0.25) is 0 Å². The SMILES string of the molecule is CN(C)C(=O)N1CCc2c(sc3ncnc(Nc4cc(C=N)c(N)cc4Cl)c23)C1. The average Bonchev–Trinajstić information content (AvgIpc) is 3.07. The standard InChI is InChI=1S/C19H20ClN7OS/c1-26(2)19(28)27-4-3-11-15(8-27)29-18-16(11)17(23-9-24-18)25-14-5-10(7-21)13(22)6-12(14)20/h5-7,9,21H,3-4,8,22H2,1-2H3,(H,23,24,25). The summed E-state index contributed by atoms with van der Waals surface area (Å²) in [6.45, 7) is 1.21. The van der Waals surface area contributed by atoms with Gasteiger partial charge in [0.1, 0.15) is 17.0 Å².